The van der Waals surface area contributed by atoms with Crippen molar-refractivity contribution in [3.8, 4) is 11.5 Å². The van der Waals surface area contributed by atoms with Crippen molar-refractivity contribution < 1.29 is 9.59 Å². The third kappa shape index (κ3) is 3.82. The van der Waals surface area contributed by atoms with Crippen LogP contribution in [-0.4, -0.2) is 51.7 Å². The second-order valence-electron chi connectivity index (χ2n) is 8.11. The van der Waals surface area contributed by atoms with Crippen LogP contribution in [0.5, 0.6) is 0 Å². The summed E-state index contributed by atoms with van der Waals surface area (Å²) >= 11 is 0. The molecular formula is C25H25N5O2. The maximum Gasteiger partial charge on any atom is 0.222 e. The molecule has 7 nitrogen and oxygen atoms in total. The molecule has 1 saturated heterocycles. The molecule has 1 aliphatic heterocycles. The van der Waals surface area contributed by atoms with Crippen LogP contribution in [0, 0.1) is 0 Å². The summed E-state index contributed by atoms with van der Waals surface area (Å²) in [6, 6.07) is 15.5. The highest BCUT2D eigenvalue weighted by Crippen LogP contribution is 2.30. The van der Waals surface area contributed by atoms with E-state index in [-0.39, 0.29) is 5.91 Å². The molecule has 1 aliphatic rings. The highest BCUT2D eigenvalue weighted by molar-refractivity contribution is 6.04. The second-order valence-corrected chi connectivity index (χ2v) is 8.11. The molecule has 0 bridgehead atoms. The number of likely N-dealkylation sites (tertiary alicyclic amines) is 1. The number of anilines is 1. The molecule has 0 radical (unpaired) electrons. The molecular weight excluding hydrogens is 402 g/mol. The van der Waals surface area contributed by atoms with Gasteiger partial charge in [-0.1, -0.05) is 30.3 Å². The zero-order valence-electron chi connectivity index (χ0n) is 17.8. The Morgan fingerprint density at radius 2 is 1.78 bits per heavy atom. The van der Waals surface area contributed by atoms with Crippen molar-refractivity contribution in [2.24, 2.45) is 0 Å². The smallest absolute Gasteiger partial charge is 0.222 e. The summed E-state index contributed by atoms with van der Waals surface area (Å²) in [5, 5.41) is 5.15. The molecule has 2 aromatic heterocycles. The summed E-state index contributed by atoms with van der Waals surface area (Å²) < 4.78 is 0. The number of aldehydes is 1. The second kappa shape index (κ2) is 8.78. The first-order valence-electron chi connectivity index (χ1n) is 11.1. The van der Waals surface area contributed by atoms with Crippen molar-refractivity contribution in [2.45, 2.75) is 25.7 Å². The molecule has 162 valence electrons. The summed E-state index contributed by atoms with van der Waals surface area (Å²) in [5.74, 6) is 1.40. The summed E-state index contributed by atoms with van der Waals surface area (Å²) in [6.45, 7) is 2.40. The van der Waals surface area contributed by atoms with Gasteiger partial charge < -0.3 is 15.2 Å². The number of H-pyrrole nitrogens is 1. The molecule has 7 heteroatoms. The van der Waals surface area contributed by atoms with Gasteiger partial charge in [-0.3, -0.25) is 9.59 Å². The van der Waals surface area contributed by atoms with Crippen LogP contribution in [0.25, 0.3) is 33.3 Å². The number of hydrogen-bond acceptors (Lipinski definition) is 5. The van der Waals surface area contributed by atoms with E-state index in [1.807, 2.05) is 53.4 Å². The number of nitrogens with zero attached hydrogens (tertiary/aromatic N) is 3. The standard InChI is InChI=1S/C25H25N5O2/c31-16-19-17-8-1-3-10-20(17)27-23(19)25-28-21-11-4-2-9-18(21)24(29-25)26-13-7-12-22(32)30-14-5-6-15-30/h1-4,8-11,16,27H,5-7,12-15H2,(H,26,28,29). The van der Waals surface area contributed by atoms with Gasteiger partial charge in [0.1, 0.15) is 5.82 Å². The number of nitrogens with one attached hydrogen (secondary N) is 2. The third-order valence-electron chi connectivity index (χ3n) is 6.01. The Kier molecular flexibility index (Phi) is 5.54. The topological polar surface area (TPSA) is 91.0 Å². The van der Waals surface area contributed by atoms with Gasteiger partial charge in [-0.2, -0.15) is 0 Å². The van der Waals surface area contributed by atoms with Gasteiger partial charge >= 0.3 is 0 Å². The van der Waals surface area contributed by atoms with Gasteiger partial charge in [0, 0.05) is 42.3 Å². The minimum atomic E-state index is 0.228. The van der Waals surface area contributed by atoms with E-state index in [9.17, 15) is 9.59 Å². The van der Waals surface area contributed by atoms with Crippen LogP contribution in [0.3, 0.4) is 0 Å². The fourth-order valence-electron chi connectivity index (χ4n) is 4.36. The number of amides is 1. The lowest BCUT2D eigenvalue weighted by molar-refractivity contribution is -0.130. The summed E-state index contributed by atoms with van der Waals surface area (Å²) in [4.78, 5) is 38.9. The number of carbonyl (C=O) groups excluding carboxylic acids is 2. The van der Waals surface area contributed by atoms with E-state index < -0.39 is 0 Å². The lowest BCUT2D eigenvalue weighted by Gasteiger charge is -2.15. The van der Waals surface area contributed by atoms with Crippen molar-refractivity contribution in [1.82, 2.24) is 19.9 Å². The first-order chi connectivity index (χ1) is 15.7. The van der Waals surface area contributed by atoms with Crippen LogP contribution in [0.4, 0.5) is 5.82 Å². The predicted octanol–water partition coefficient (Wildman–Crippen LogP) is 4.41. The van der Waals surface area contributed by atoms with Crippen LogP contribution in [-0.2, 0) is 4.79 Å². The number of aromatic nitrogens is 3. The molecule has 0 saturated carbocycles. The monoisotopic (exact) mass is 427 g/mol. The van der Waals surface area contributed by atoms with Crippen molar-refractivity contribution in [1.29, 1.82) is 0 Å². The van der Waals surface area contributed by atoms with Crippen molar-refractivity contribution >= 4 is 39.8 Å². The number of fused-ring (bicyclic) bond motifs is 2. The Hall–Kier alpha value is -3.74. The van der Waals surface area contributed by atoms with Gasteiger partial charge in [0.05, 0.1) is 16.8 Å². The molecule has 0 aliphatic carbocycles. The average molecular weight is 428 g/mol. The maximum absolute atomic E-state index is 12.3. The Labute approximate surface area is 185 Å². The summed E-state index contributed by atoms with van der Waals surface area (Å²) in [5.41, 5.74) is 2.83. The summed E-state index contributed by atoms with van der Waals surface area (Å²) in [6.07, 6.45) is 4.32. The first kappa shape index (κ1) is 20.2. The molecule has 3 heterocycles. The van der Waals surface area contributed by atoms with Gasteiger partial charge in [-0.05, 0) is 37.5 Å². The van der Waals surface area contributed by atoms with Crippen LogP contribution in [0.1, 0.15) is 36.0 Å². The van der Waals surface area contributed by atoms with E-state index in [1.54, 1.807) is 0 Å². The SMILES string of the molecule is O=Cc1c(-c2nc(NCCCC(=O)N3CCCC3)c3ccccc3n2)[nH]c2ccccc12. The molecule has 32 heavy (non-hydrogen) atoms. The highest BCUT2D eigenvalue weighted by Gasteiger charge is 2.18. The molecule has 4 aromatic rings. The Morgan fingerprint density at radius 3 is 2.59 bits per heavy atom. The minimum Gasteiger partial charge on any atom is -0.369 e. The number of rotatable bonds is 7. The molecule has 0 spiro atoms. The molecule has 0 atom stereocenters. The van der Waals surface area contributed by atoms with Crippen LogP contribution < -0.4 is 5.32 Å². The number of para-hydroxylation sites is 2. The molecule has 2 aromatic carbocycles. The van der Waals surface area contributed by atoms with Gasteiger partial charge in [0.25, 0.3) is 0 Å². The van der Waals surface area contributed by atoms with Gasteiger partial charge in [-0.15, -0.1) is 0 Å². The number of aromatic amines is 1. The van der Waals surface area contributed by atoms with E-state index in [1.165, 1.54) is 0 Å². The van der Waals surface area contributed by atoms with E-state index in [0.717, 1.165) is 60.4 Å². The van der Waals surface area contributed by atoms with E-state index in [0.29, 0.717) is 35.9 Å². The van der Waals surface area contributed by atoms with Crippen molar-refractivity contribution in [3.63, 3.8) is 0 Å². The quantitative estimate of drug-likeness (QED) is 0.337. The molecule has 0 unspecified atom stereocenters. The normalized spacial score (nSPS) is 13.7. The lowest BCUT2D eigenvalue weighted by Crippen LogP contribution is -2.27. The zero-order valence-corrected chi connectivity index (χ0v) is 17.8. The lowest BCUT2D eigenvalue weighted by atomic mass is 10.1. The predicted molar refractivity (Wildman–Crippen MR) is 126 cm³/mol. The molecule has 1 fully saturated rings. The zero-order chi connectivity index (χ0) is 21.9. The summed E-state index contributed by atoms with van der Waals surface area (Å²) in [7, 11) is 0. The fourth-order valence-corrected chi connectivity index (χ4v) is 4.36. The van der Waals surface area contributed by atoms with Gasteiger partial charge in [0.15, 0.2) is 12.1 Å². The first-order valence-corrected chi connectivity index (χ1v) is 11.1. The molecule has 2 N–H and O–H groups in total. The Balaban J connectivity index is 1.42. The minimum absolute atomic E-state index is 0.228. The fraction of sp³-hybridized carbons (Fsp3) is 0.280. The Morgan fingerprint density at radius 1 is 1.03 bits per heavy atom. The van der Waals surface area contributed by atoms with E-state index in [2.05, 4.69) is 10.3 Å². The molecule has 1 amide bonds. The van der Waals surface area contributed by atoms with E-state index in [4.69, 9.17) is 9.97 Å². The highest BCUT2D eigenvalue weighted by atomic mass is 16.2. The van der Waals surface area contributed by atoms with Crippen LogP contribution in [0.2, 0.25) is 0 Å². The average Bonchev–Trinajstić information content (AvgIpc) is 3.49. The maximum atomic E-state index is 12.3. The van der Waals surface area contributed by atoms with Crippen molar-refractivity contribution in [2.75, 3.05) is 25.0 Å². The van der Waals surface area contributed by atoms with Gasteiger partial charge in [-0.25, -0.2) is 9.97 Å². The van der Waals surface area contributed by atoms with Crippen LogP contribution in [0.15, 0.2) is 48.5 Å². The molecule has 5 rings (SSSR count). The van der Waals surface area contributed by atoms with Crippen molar-refractivity contribution in [3.05, 3.63) is 54.1 Å². The number of benzene rings is 2. The third-order valence-corrected chi connectivity index (χ3v) is 6.01. The number of carbonyl (C=O) groups is 2. The Bertz CT molecular complexity index is 1290. The largest absolute Gasteiger partial charge is 0.369 e. The van der Waals surface area contributed by atoms with Crippen LogP contribution >= 0.6 is 0 Å². The van der Waals surface area contributed by atoms with Gasteiger partial charge in [0.2, 0.25) is 5.91 Å². The number of hydrogen-bond donors (Lipinski definition) is 2. The van der Waals surface area contributed by atoms with E-state index >= 15 is 0 Å².